The van der Waals surface area contributed by atoms with Crippen molar-refractivity contribution in [2.75, 3.05) is 0 Å². The highest BCUT2D eigenvalue weighted by atomic mass is 14.7. The van der Waals surface area contributed by atoms with Crippen LogP contribution in [0.4, 0.5) is 0 Å². The molecule has 0 saturated carbocycles. The molecule has 104 valence electrons. The van der Waals surface area contributed by atoms with Crippen LogP contribution >= 0.6 is 0 Å². The quantitative estimate of drug-likeness (QED) is 0.915. The molecule has 0 bridgehead atoms. The van der Waals surface area contributed by atoms with Crippen LogP contribution < -0.4 is 5.73 Å². The van der Waals surface area contributed by atoms with Crippen molar-refractivity contribution in [1.82, 2.24) is 4.98 Å². The van der Waals surface area contributed by atoms with E-state index < -0.39 is 0 Å². The van der Waals surface area contributed by atoms with Crippen LogP contribution in [-0.2, 0) is 6.42 Å². The second-order valence-corrected chi connectivity index (χ2v) is 5.86. The molecule has 1 heterocycles. The minimum atomic E-state index is 0.104. The van der Waals surface area contributed by atoms with E-state index in [1.54, 1.807) is 0 Å². The molecule has 1 aromatic heterocycles. The van der Waals surface area contributed by atoms with Gasteiger partial charge in [0.15, 0.2) is 0 Å². The maximum atomic E-state index is 6.42. The van der Waals surface area contributed by atoms with Crippen molar-refractivity contribution >= 4 is 0 Å². The molecular formula is C18H22N2. The Kier molecular flexibility index (Phi) is 3.83. The van der Waals surface area contributed by atoms with Crippen LogP contribution in [0.1, 0.15) is 53.6 Å². The van der Waals surface area contributed by atoms with Gasteiger partial charge in [0.25, 0.3) is 0 Å². The first kappa shape index (κ1) is 13.3. The fourth-order valence-electron chi connectivity index (χ4n) is 3.34. The lowest BCUT2D eigenvalue weighted by atomic mass is 9.79. The van der Waals surface area contributed by atoms with E-state index in [1.165, 1.54) is 36.0 Å². The summed E-state index contributed by atoms with van der Waals surface area (Å²) in [5, 5.41) is 0. The summed E-state index contributed by atoms with van der Waals surface area (Å²) in [4.78, 5) is 4.25. The standard InChI is InChI=1S/C18H22N2/c1-13-11-16(9-10-20-13)18(19)12-15-7-4-6-14-5-2-3-8-17(14)15/h2-3,5,8-11,15,18H,4,6-7,12,19H2,1H3. The number of nitrogens with zero attached hydrogens (tertiary/aromatic N) is 1. The van der Waals surface area contributed by atoms with Gasteiger partial charge >= 0.3 is 0 Å². The van der Waals surface area contributed by atoms with Crippen molar-refractivity contribution < 1.29 is 0 Å². The lowest BCUT2D eigenvalue weighted by Crippen LogP contribution is -2.18. The normalized spacial score (nSPS) is 19.4. The molecule has 2 atom stereocenters. The Morgan fingerprint density at radius 3 is 3.00 bits per heavy atom. The number of nitrogens with two attached hydrogens (primary N) is 1. The molecule has 0 amide bonds. The largest absolute Gasteiger partial charge is 0.324 e. The molecule has 2 nitrogen and oxygen atoms in total. The summed E-state index contributed by atoms with van der Waals surface area (Å²) in [6, 6.07) is 13.1. The molecule has 0 aliphatic heterocycles. The maximum Gasteiger partial charge on any atom is 0.0375 e. The summed E-state index contributed by atoms with van der Waals surface area (Å²) in [5.41, 5.74) is 11.7. The minimum absolute atomic E-state index is 0.104. The zero-order valence-corrected chi connectivity index (χ0v) is 12.0. The first-order valence-corrected chi connectivity index (χ1v) is 7.50. The van der Waals surface area contributed by atoms with Gasteiger partial charge in [0.1, 0.15) is 0 Å². The van der Waals surface area contributed by atoms with Crippen LogP contribution in [-0.4, -0.2) is 4.98 Å². The predicted octanol–water partition coefficient (Wildman–Crippen LogP) is 3.90. The zero-order chi connectivity index (χ0) is 13.9. The third-order valence-electron chi connectivity index (χ3n) is 4.38. The minimum Gasteiger partial charge on any atom is -0.324 e. The summed E-state index contributed by atoms with van der Waals surface area (Å²) >= 11 is 0. The Bertz CT molecular complexity index is 591. The van der Waals surface area contributed by atoms with Crippen molar-refractivity contribution in [2.24, 2.45) is 5.73 Å². The van der Waals surface area contributed by atoms with Crippen LogP contribution in [0.25, 0.3) is 0 Å². The number of aryl methyl sites for hydroxylation is 2. The average Bonchev–Trinajstić information content (AvgIpc) is 2.47. The van der Waals surface area contributed by atoms with Crippen LogP contribution in [0.2, 0.25) is 0 Å². The molecule has 0 saturated heterocycles. The van der Waals surface area contributed by atoms with E-state index in [0.717, 1.165) is 12.1 Å². The number of rotatable bonds is 3. The number of pyridine rings is 1. The van der Waals surface area contributed by atoms with E-state index in [-0.39, 0.29) is 6.04 Å². The molecule has 3 rings (SSSR count). The summed E-state index contributed by atoms with van der Waals surface area (Å²) in [7, 11) is 0. The Morgan fingerprint density at radius 1 is 1.30 bits per heavy atom. The predicted molar refractivity (Wildman–Crippen MR) is 82.6 cm³/mol. The summed E-state index contributed by atoms with van der Waals surface area (Å²) < 4.78 is 0. The lowest BCUT2D eigenvalue weighted by Gasteiger charge is -2.28. The Hall–Kier alpha value is -1.67. The van der Waals surface area contributed by atoms with Crippen molar-refractivity contribution in [2.45, 2.75) is 44.6 Å². The van der Waals surface area contributed by atoms with Gasteiger partial charge in [-0.05, 0) is 67.3 Å². The molecule has 1 aliphatic carbocycles. The molecule has 1 aliphatic rings. The maximum absolute atomic E-state index is 6.42. The Morgan fingerprint density at radius 2 is 2.15 bits per heavy atom. The number of benzene rings is 1. The topological polar surface area (TPSA) is 38.9 Å². The molecule has 0 spiro atoms. The molecule has 2 heteroatoms. The second-order valence-electron chi connectivity index (χ2n) is 5.86. The molecule has 2 aromatic rings. The molecule has 0 radical (unpaired) electrons. The highest BCUT2D eigenvalue weighted by molar-refractivity contribution is 5.33. The van der Waals surface area contributed by atoms with E-state index >= 15 is 0 Å². The number of hydrogen-bond donors (Lipinski definition) is 1. The van der Waals surface area contributed by atoms with Gasteiger partial charge in [-0.15, -0.1) is 0 Å². The van der Waals surface area contributed by atoms with Crippen molar-refractivity contribution in [1.29, 1.82) is 0 Å². The number of hydrogen-bond acceptors (Lipinski definition) is 2. The third kappa shape index (κ3) is 2.75. The monoisotopic (exact) mass is 266 g/mol. The highest BCUT2D eigenvalue weighted by Gasteiger charge is 2.22. The van der Waals surface area contributed by atoms with Gasteiger partial charge < -0.3 is 5.73 Å². The van der Waals surface area contributed by atoms with Gasteiger partial charge in [-0.2, -0.15) is 0 Å². The SMILES string of the molecule is Cc1cc(C(N)CC2CCCc3ccccc32)ccn1. The van der Waals surface area contributed by atoms with Gasteiger partial charge in [0.2, 0.25) is 0 Å². The Balaban J connectivity index is 1.79. The van der Waals surface area contributed by atoms with Crippen molar-refractivity contribution in [3.8, 4) is 0 Å². The van der Waals surface area contributed by atoms with Crippen molar-refractivity contribution in [3.05, 3.63) is 65.0 Å². The fraction of sp³-hybridized carbons (Fsp3) is 0.389. The number of fused-ring (bicyclic) bond motifs is 1. The summed E-state index contributed by atoms with van der Waals surface area (Å²) in [6.07, 6.45) is 6.65. The molecule has 1 aromatic carbocycles. The lowest BCUT2D eigenvalue weighted by molar-refractivity contribution is 0.476. The molecule has 2 unspecified atom stereocenters. The molecule has 0 fully saturated rings. The first-order chi connectivity index (χ1) is 9.74. The van der Waals surface area contributed by atoms with Crippen molar-refractivity contribution in [3.63, 3.8) is 0 Å². The van der Waals surface area contributed by atoms with Gasteiger partial charge in [0, 0.05) is 17.9 Å². The van der Waals surface area contributed by atoms with E-state index in [0.29, 0.717) is 5.92 Å². The van der Waals surface area contributed by atoms with E-state index in [2.05, 4.69) is 35.3 Å². The summed E-state index contributed by atoms with van der Waals surface area (Å²) in [6.45, 7) is 2.02. The molecule has 20 heavy (non-hydrogen) atoms. The fourth-order valence-corrected chi connectivity index (χ4v) is 3.34. The van der Waals surface area contributed by atoms with Crippen LogP contribution in [0.3, 0.4) is 0 Å². The average molecular weight is 266 g/mol. The van der Waals surface area contributed by atoms with E-state index in [9.17, 15) is 0 Å². The van der Waals surface area contributed by atoms with Crippen LogP contribution in [0.5, 0.6) is 0 Å². The van der Waals surface area contributed by atoms with Crippen LogP contribution in [0.15, 0.2) is 42.6 Å². The smallest absolute Gasteiger partial charge is 0.0375 e. The van der Waals surface area contributed by atoms with Gasteiger partial charge in [-0.3, -0.25) is 4.98 Å². The van der Waals surface area contributed by atoms with Gasteiger partial charge in [-0.25, -0.2) is 0 Å². The zero-order valence-electron chi connectivity index (χ0n) is 12.0. The first-order valence-electron chi connectivity index (χ1n) is 7.50. The molecule has 2 N–H and O–H groups in total. The van der Waals surface area contributed by atoms with E-state index in [1.807, 2.05) is 19.2 Å². The summed E-state index contributed by atoms with van der Waals surface area (Å²) in [5.74, 6) is 0.600. The van der Waals surface area contributed by atoms with Crippen LogP contribution in [0, 0.1) is 6.92 Å². The van der Waals surface area contributed by atoms with E-state index in [4.69, 9.17) is 5.73 Å². The highest BCUT2D eigenvalue weighted by Crippen LogP contribution is 2.36. The Labute approximate surface area is 121 Å². The molecular weight excluding hydrogens is 244 g/mol. The third-order valence-corrected chi connectivity index (χ3v) is 4.38. The second kappa shape index (κ2) is 5.76. The number of aromatic nitrogens is 1. The van der Waals surface area contributed by atoms with Gasteiger partial charge in [0.05, 0.1) is 0 Å². The van der Waals surface area contributed by atoms with Gasteiger partial charge in [-0.1, -0.05) is 24.3 Å².